The summed E-state index contributed by atoms with van der Waals surface area (Å²) in [4.78, 5) is 0. The third-order valence-electron chi connectivity index (χ3n) is 7.11. The van der Waals surface area contributed by atoms with Crippen LogP contribution in [0.15, 0.2) is 46.9 Å². The number of hydrogen-bond donors (Lipinski definition) is 10. The summed E-state index contributed by atoms with van der Waals surface area (Å²) >= 11 is 0. The van der Waals surface area contributed by atoms with Gasteiger partial charge in [-0.05, 0) is 24.3 Å². The molecule has 0 spiro atoms. The molecule has 2 fully saturated rings. The molecule has 0 radical (unpaired) electrons. The highest BCUT2D eigenvalue weighted by molar-refractivity contribution is 5.88. The van der Waals surface area contributed by atoms with E-state index in [1.54, 1.807) is 0 Å². The Labute approximate surface area is 237 Å². The lowest BCUT2D eigenvalue weighted by atomic mass is 9.99. The highest BCUT2D eigenvalue weighted by atomic mass is 16.7. The quantitative estimate of drug-likeness (QED) is 0.135. The summed E-state index contributed by atoms with van der Waals surface area (Å²) in [6, 6.07) is 9.41. The number of ether oxygens (including phenoxy) is 4. The minimum Gasteiger partial charge on any atom is -0.508 e. The summed E-state index contributed by atoms with van der Waals surface area (Å²) < 4.78 is 28.6. The summed E-state index contributed by atoms with van der Waals surface area (Å²) in [5.41, 5.74) is 0.368. The maximum absolute atomic E-state index is 10.6. The Morgan fingerprint density at radius 1 is 0.619 bits per heavy atom. The van der Waals surface area contributed by atoms with E-state index in [0.717, 1.165) is 6.07 Å². The Balaban J connectivity index is 1.59. The van der Waals surface area contributed by atoms with Gasteiger partial charge in [0.05, 0.1) is 24.8 Å². The van der Waals surface area contributed by atoms with Crippen LogP contribution in [0.5, 0.6) is 23.0 Å². The Bertz CT molecular complexity index is 1380. The van der Waals surface area contributed by atoms with Gasteiger partial charge in [0.1, 0.15) is 71.5 Å². The van der Waals surface area contributed by atoms with E-state index in [-0.39, 0.29) is 39.7 Å². The van der Waals surface area contributed by atoms with Crippen LogP contribution in [-0.4, -0.2) is 126 Å². The largest absolute Gasteiger partial charge is 0.508 e. The van der Waals surface area contributed by atoms with Crippen molar-refractivity contribution < 1.29 is 74.4 Å². The molecule has 42 heavy (non-hydrogen) atoms. The molecule has 0 aliphatic carbocycles. The van der Waals surface area contributed by atoms with Gasteiger partial charge in [-0.2, -0.15) is 0 Å². The van der Waals surface area contributed by atoms with Gasteiger partial charge in [-0.3, -0.25) is 0 Å². The predicted octanol–water partition coefficient (Wildman–Crippen LogP) is -1.85. The van der Waals surface area contributed by atoms with Crippen LogP contribution in [0.25, 0.3) is 22.3 Å². The fraction of sp³-hybridized carbons (Fsp3) is 0.444. The second kappa shape index (κ2) is 12.1. The van der Waals surface area contributed by atoms with Crippen LogP contribution < -0.4 is 9.47 Å². The predicted molar refractivity (Wildman–Crippen MR) is 138 cm³/mol. The smallest absolute Gasteiger partial charge is 0.402 e. The van der Waals surface area contributed by atoms with Crippen molar-refractivity contribution in [1.82, 2.24) is 0 Å². The highest BCUT2D eigenvalue weighted by Gasteiger charge is 2.47. The summed E-state index contributed by atoms with van der Waals surface area (Å²) in [5, 5.41) is 101. The van der Waals surface area contributed by atoms with Crippen LogP contribution in [-0.2, 0) is 9.47 Å². The van der Waals surface area contributed by atoms with E-state index >= 15 is 0 Å². The minimum atomic E-state index is -1.77. The maximum Gasteiger partial charge on any atom is 0.402 e. The van der Waals surface area contributed by atoms with Crippen LogP contribution in [0.1, 0.15) is 0 Å². The highest BCUT2D eigenvalue weighted by Crippen LogP contribution is 2.42. The van der Waals surface area contributed by atoms with Crippen molar-refractivity contribution in [2.45, 2.75) is 61.4 Å². The molecule has 2 aromatic carbocycles. The van der Waals surface area contributed by atoms with Crippen molar-refractivity contribution in [2.24, 2.45) is 0 Å². The van der Waals surface area contributed by atoms with Crippen molar-refractivity contribution >= 4 is 11.0 Å². The zero-order valence-corrected chi connectivity index (χ0v) is 21.7. The third kappa shape index (κ3) is 5.67. The molecule has 15 nitrogen and oxygen atoms in total. The zero-order valence-electron chi connectivity index (χ0n) is 21.7. The first-order valence-electron chi connectivity index (χ1n) is 12.9. The average molecular weight is 596 g/mol. The Kier molecular flexibility index (Phi) is 8.68. The van der Waals surface area contributed by atoms with Gasteiger partial charge < -0.3 is 70.0 Å². The van der Waals surface area contributed by atoms with E-state index < -0.39 is 74.6 Å². The third-order valence-corrected chi connectivity index (χ3v) is 7.11. The molecule has 2 aliphatic rings. The van der Waals surface area contributed by atoms with Gasteiger partial charge in [0.25, 0.3) is 0 Å². The number of phenols is 2. The average Bonchev–Trinajstić information content (AvgIpc) is 2.98. The number of aliphatic hydroxyl groups excluding tert-OH is 8. The van der Waals surface area contributed by atoms with Gasteiger partial charge in [-0.15, -0.1) is 0 Å². The van der Waals surface area contributed by atoms with Crippen molar-refractivity contribution in [3.63, 3.8) is 0 Å². The molecule has 228 valence electrons. The van der Waals surface area contributed by atoms with Crippen LogP contribution >= 0.6 is 0 Å². The summed E-state index contributed by atoms with van der Waals surface area (Å²) in [6.45, 7) is -1.40. The molecule has 5 rings (SSSR count). The lowest BCUT2D eigenvalue weighted by Gasteiger charge is -2.39. The van der Waals surface area contributed by atoms with E-state index in [4.69, 9.17) is 23.4 Å². The number of fused-ring (bicyclic) bond motifs is 1. The molecular weight excluding hydrogens is 564 g/mol. The second-order valence-electron chi connectivity index (χ2n) is 9.97. The first-order chi connectivity index (χ1) is 20.0. The number of aromatic hydroxyl groups is 2. The van der Waals surface area contributed by atoms with Gasteiger partial charge in [-0.1, -0.05) is 0 Å². The van der Waals surface area contributed by atoms with Crippen LogP contribution in [0.4, 0.5) is 0 Å². The van der Waals surface area contributed by atoms with E-state index in [1.165, 1.54) is 36.4 Å². The number of phenolic OH excluding ortho intramolecular Hbond substituents is 2. The standard InChI is InChI=1S/C27H30O15/c28-8-17-19(32)21(34)23(36)26(41-17)39-15-6-12(31)5-14-13(15)7-16(25(38-14)10-1-3-11(30)4-2-10)40-27-24(37)22(35)20(33)18(9-29)42-27/h1-7,17-24,26-29,32-37H,8-9H2,(H-,30,31)/p+1/t17-,18-,19-,20-,21+,22+,23-,24-,26?,27?/m1/s1. The van der Waals surface area contributed by atoms with Gasteiger partial charge in [0, 0.05) is 12.1 Å². The molecule has 2 aliphatic heterocycles. The second-order valence-corrected chi connectivity index (χ2v) is 9.97. The van der Waals surface area contributed by atoms with Gasteiger partial charge >= 0.3 is 11.3 Å². The summed E-state index contributed by atoms with van der Waals surface area (Å²) in [5.74, 6) is -0.673. The fourth-order valence-corrected chi connectivity index (χ4v) is 4.75. The molecule has 15 heteroatoms. The molecule has 0 saturated carbocycles. The lowest BCUT2D eigenvalue weighted by molar-refractivity contribution is -0.277. The van der Waals surface area contributed by atoms with Gasteiger partial charge in [0.2, 0.25) is 18.3 Å². The summed E-state index contributed by atoms with van der Waals surface area (Å²) in [6.07, 6.45) is -16.0. The molecule has 0 amide bonds. The van der Waals surface area contributed by atoms with E-state index in [0.29, 0.717) is 5.56 Å². The monoisotopic (exact) mass is 595 g/mol. The number of benzene rings is 2. The summed E-state index contributed by atoms with van der Waals surface area (Å²) in [7, 11) is 0. The maximum atomic E-state index is 10.6. The first kappa shape index (κ1) is 30.1. The van der Waals surface area contributed by atoms with Crippen molar-refractivity contribution in [3.05, 3.63) is 42.5 Å². The fourth-order valence-electron chi connectivity index (χ4n) is 4.75. The van der Waals surface area contributed by atoms with Gasteiger partial charge in [-0.25, -0.2) is 4.42 Å². The number of aliphatic hydroxyl groups is 8. The molecule has 10 atom stereocenters. The molecular formula is C27H31O15+. The van der Waals surface area contributed by atoms with E-state index in [1.807, 2.05) is 0 Å². The molecule has 1 aromatic heterocycles. The van der Waals surface area contributed by atoms with Crippen LogP contribution in [0.2, 0.25) is 0 Å². The topological polar surface area (TPSA) is 251 Å². The van der Waals surface area contributed by atoms with E-state index in [9.17, 15) is 51.1 Å². The minimum absolute atomic E-state index is 0.00357. The normalized spacial score (nSPS) is 33.4. The molecule has 2 saturated heterocycles. The Hall–Kier alpha value is -3.35. The first-order valence-corrected chi connectivity index (χ1v) is 12.9. The number of rotatable bonds is 7. The zero-order chi connectivity index (χ0) is 30.3. The number of hydrogen-bond acceptors (Lipinski definition) is 14. The molecule has 3 heterocycles. The van der Waals surface area contributed by atoms with Gasteiger partial charge in [0.15, 0.2) is 0 Å². The lowest BCUT2D eigenvalue weighted by Crippen LogP contribution is -2.60. The molecule has 10 N–H and O–H groups in total. The van der Waals surface area contributed by atoms with Crippen molar-refractivity contribution in [1.29, 1.82) is 0 Å². The Morgan fingerprint density at radius 2 is 1.14 bits per heavy atom. The van der Waals surface area contributed by atoms with Crippen LogP contribution in [0.3, 0.4) is 0 Å². The van der Waals surface area contributed by atoms with Crippen molar-refractivity contribution in [3.8, 4) is 34.3 Å². The SMILES string of the molecule is OC[C@H]1OC(Oc2cc3c(OC4O[C@H](CO)[C@@H](O)[C@H](O)[C@H]4O)cc(O)cc3[o+]c2-c2ccc(O)cc2)[C@H](O)[C@@H](O)[C@@H]1O. The van der Waals surface area contributed by atoms with Crippen LogP contribution in [0, 0.1) is 0 Å². The van der Waals surface area contributed by atoms with Crippen molar-refractivity contribution in [2.75, 3.05) is 13.2 Å². The molecule has 0 bridgehead atoms. The van der Waals surface area contributed by atoms with E-state index in [2.05, 4.69) is 0 Å². The Morgan fingerprint density at radius 3 is 1.67 bits per heavy atom. The molecule has 2 unspecified atom stereocenters. The molecule has 3 aromatic rings.